The zero-order valence-corrected chi connectivity index (χ0v) is 23.0. The summed E-state index contributed by atoms with van der Waals surface area (Å²) in [5.74, 6) is -0.446. The Kier molecular flexibility index (Phi) is 8.68. The number of rotatable bonds is 9. The van der Waals surface area contributed by atoms with Crippen molar-refractivity contribution < 1.29 is 26.4 Å². The van der Waals surface area contributed by atoms with Crippen molar-refractivity contribution in [2.24, 2.45) is 0 Å². The fourth-order valence-electron chi connectivity index (χ4n) is 4.04. The third-order valence-corrected chi connectivity index (χ3v) is 9.43. The molecule has 11 heteroatoms. The number of benzene rings is 3. The SMILES string of the molecule is Cc1cc(C(=O)NC(Cc2ccccc2)Cc2ccccc2)sc1S(=O)(=O)Nc1cc(C(F)(F)F)ccc1Cl. The Bertz CT molecular complexity index is 1520. The minimum atomic E-state index is -4.68. The van der Waals surface area contributed by atoms with Gasteiger partial charge in [0.15, 0.2) is 0 Å². The number of nitrogens with one attached hydrogen (secondary N) is 2. The minimum Gasteiger partial charge on any atom is -0.348 e. The largest absolute Gasteiger partial charge is 0.416 e. The van der Waals surface area contributed by atoms with Crippen LogP contribution >= 0.6 is 22.9 Å². The highest BCUT2D eigenvalue weighted by Crippen LogP contribution is 2.36. The van der Waals surface area contributed by atoms with E-state index >= 15 is 0 Å². The molecule has 4 aromatic rings. The summed E-state index contributed by atoms with van der Waals surface area (Å²) in [4.78, 5) is 13.4. The van der Waals surface area contributed by atoms with Crippen LogP contribution in [-0.4, -0.2) is 20.4 Å². The van der Waals surface area contributed by atoms with Crippen LogP contribution in [0.4, 0.5) is 18.9 Å². The molecule has 0 atom stereocenters. The Labute approximate surface area is 233 Å². The van der Waals surface area contributed by atoms with E-state index in [-0.39, 0.29) is 25.7 Å². The maximum atomic E-state index is 13.2. The zero-order chi connectivity index (χ0) is 28.2. The van der Waals surface area contributed by atoms with E-state index in [1.165, 1.54) is 13.0 Å². The van der Waals surface area contributed by atoms with Crippen molar-refractivity contribution in [2.75, 3.05) is 4.72 Å². The smallest absolute Gasteiger partial charge is 0.348 e. The lowest BCUT2D eigenvalue weighted by Gasteiger charge is -2.19. The molecule has 4 rings (SSSR count). The van der Waals surface area contributed by atoms with Crippen LogP contribution in [0.1, 0.15) is 31.9 Å². The maximum absolute atomic E-state index is 13.2. The lowest BCUT2D eigenvalue weighted by atomic mass is 9.99. The number of amides is 1. The van der Waals surface area contributed by atoms with Crippen molar-refractivity contribution in [3.8, 4) is 0 Å². The molecule has 0 spiro atoms. The van der Waals surface area contributed by atoms with Gasteiger partial charge in [-0.3, -0.25) is 9.52 Å². The normalized spacial score (nSPS) is 11.9. The van der Waals surface area contributed by atoms with E-state index in [1.54, 1.807) is 0 Å². The predicted molar refractivity (Wildman–Crippen MR) is 148 cm³/mol. The average molecular weight is 593 g/mol. The van der Waals surface area contributed by atoms with Crippen LogP contribution in [0.15, 0.2) is 89.1 Å². The second-order valence-electron chi connectivity index (χ2n) is 8.93. The molecule has 0 radical (unpaired) electrons. The molecule has 0 fully saturated rings. The lowest BCUT2D eigenvalue weighted by Crippen LogP contribution is -2.37. The maximum Gasteiger partial charge on any atom is 0.416 e. The standard InChI is InChI=1S/C28H24ClF3N2O3S2/c1-18-14-25(38-27(18)39(36,37)34-24-17-21(28(30,31)32)12-13-23(24)29)26(35)33-22(15-19-8-4-2-5-9-19)16-20-10-6-3-7-11-20/h2-14,17,22,34H,15-16H2,1H3,(H,33,35). The number of hydrogen-bond donors (Lipinski definition) is 2. The number of carbonyl (C=O) groups excluding carboxylic acids is 1. The highest BCUT2D eigenvalue weighted by Gasteiger charge is 2.32. The molecule has 0 saturated carbocycles. The molecule has 0 aliphatic carbocycles. The summed E-state index contributed by atoms with van der Waals surface area (Å²) in [6.07, 6.45) is -3.55. The Morgan fingerprint density at radius 1 is 0.923 bits per heavy atom. The molecule has 0 unspecified atom stereocenters. The summed E-state index contributed by atoms with van der Waals surface area (Å²) in [5, 5.41) is 2.82. The summed E-state index contributed by atoms with van der Waals surface area (Å²) in [5.41, 5.74) is 0.896. The van der Waals surface area contributed by atoms with Crippen molar-refractivity contribution in [1.82, 2.24) is 5.32 Å². The van der Waals surface area contributed by atoms with Gasteiger partial charge in [0.05, 0.1) is 21.2 Å². The summed E-state index contributed by atoms with van der Waals surface area (Å²) >= 11 is 6.71. The first kappa shape index (κ1) is 28.7. The van der Waals surface area contributed by atoms with Gasteiger partial charge in [0.25, 0.3) is 15.9 Å². The van der Waals surface area contributed by atoms with Crippen LogP contribution in [0, 0.1) is 6.92 Å². The number of aryl methyl sites for hydroxylation is 1. The Balaban J connectivity index is 1.56. The minimum absolute atomic E-state index is 0.161. The molecule has 39 heavy (non-hydrogen) atoms. The van der Waals surface area contributed by atoms with Crippen LogP contribution in [0.25, 0.3) is 0 Å². The van der Waals surface area contributed by atoms with Crippen molar-refractivity contribution >= 4 is 44.6 Å². The molecule has 0 saturated heterocycles. The van der Waals surface area contributed by atoms with E-state index in [2.05, 4.69) is 10.0 Å². The molecule has 1 heterocycles. The highest BCUT2D eigenvalue weighted by molar-refractivity contribution is 7.94. The number of thiophene rings is 1. The fourth-order valence-corrected chi connectivity index (χ4v) is 6.94. The molecule has 0 aliphatic heterocycles. The van der Waals surface area contributed by atoms with E-state index in [1.807, 2.05) is 60.7 Å². The van der Waals surface area contributed by atoms with E-state index < -0.39 is 33.4 Å². The number of sulfonamides is 1. The third-order valence-electron chi connectivity index (χ3n) is 5.86. The van der Waals surface area contributed by atoms with Gasteiger partial charge in [0.2, 0.25) is 0 Å². The number of alkyl halides is 3. The van der Waals surface area contributed by atoms with Crippen molar-refractivity contribution in [3.05, 3.63) is 117 Å². The lowest BCUT2D eigenvalue weighted by molar-refractivity contribution is -0.137. The first-order valence-electron chi connectivity index (χ1n) is 11.8. The van der Waals surface area contributed by atoms with Crippen LogP contribution in [0.2, 0.25) is 5.02 Å². The predicted octanol–water partition coefficient (Wildman–Crippen LogP) is 7.11. The average Bonchev–Trinajstić information content (AvgIpc) is 3.28. The number of anilines is 1. The molecule has 5 nitrogen and oxygen atoms in total. The molecule has 3 aromatic carbocycles. The first-order valence-corrected chi connectivity index (χ1v) is 14.5. The van der Waals surface area contributed by atoms with Gasteiger partial charge in [-0.25, -0.2) is 8.42 Å². The molecule has 0 bridgehead atoms. The Morgan fingerprint density at radius 2 is 1.49 bits per heavy atom. The van der Waals surface area contributed by atoms with Gasteiger partial charge >= 0.3 is 6.18 Å². The van der Waals surface area contributed by atoms with Crippen LogP contribution < -0.4 is 10.0 Å². The molecule has 204 valence electrons. The Morgan fingerprint density at radius 3 is 2.03 bits per heavy atom. The van der Waals surface area contributed by atoms with Crippen molar-refractivity contribution in [1.29, 1.82) is 0 Å². The molecular weight excluding hydrogens is 569 g/mol. The summed E-state index contributed by atoms with van der Waals surface area (Å²) in [6.45, 7) is 1.51. The molecule has 1 amide bonds. The number of carbonyl (C=O) groups is 1. The van der Waals surface area contributed by atoms with E-state index in [0.717, 1.165) is 34.6 Å². The fraction of sp³-hybridized carbons (Fsp3) is 0.179. The molecule has 1 aromatic heterocycles. The highest BCUT2D eigenvalue weighted by atomic mass is 35.5. The third kappa shape index (κ3) is 7.40. The van der Waals surface area contributed by atoms with E-state index in [4.69, 9.17) is 11.6 Å². The molecule has 0 aliphatic rings. The first-order chi connectivity index (χ1) is 18.4. The van der Waals surface area contributed by atoms with Gasteiger partial charge in [-0.15, -0.1) is 11.3 Å². The van der Waals surface area contributed by atoms with Gasteiger partial charge in [0, 0.05) is 6.04 Å². The van der Waals surface area contributed by atoms with Gasteiger partial charge in [0.1, 0.15) is 4.21 Å². The number of halogens is 4. The van der Waals surface area contributed by atoms with E-state index in [0.29, 0.717) is 18.9 Å². The van der Waals surface area contributed by atoms with Gasteiger partial charge in [-0.05, 0) is 60.7 Å². The van der Waals surface area contributed by atoms with Crippen LogP contribution in [0.3, 0.4) is 0 Å². The number of hydrogen-bond acceptors (Lipinski definition) is 4. The van der Waals surface area contributed by atoms with Crippen molar-refractivity contribution in [3.63, 3.8) is 0 Å². The van der Waals surface area contributed by atoms with Crippen molar-refractivity contribution in [2.45, 2.75) is 36.2 Å². The molecular formula is C28H24ClF3N2O3S2. The van der Waals surface area contributed by atoms with Gasteiger partial charge in [-0.2, -0.15) is 13.2 Å². The second-order valence-corrected chi connectivity index (χ2v) is 12.3. The monoisotopic (exact) mass is 592 g/mol. The van der Waals surface area contributed by atoms with Gasteiger partial charge in [-0.1, -0.05) is 72.3 Å². The van der Waals surface area contributed by atoms with E-state index in [9.17, 15) is 26.4 Å². The summed E-state index contributed by atoms with van der Waals surface area (Å²) in [7, 11) is -4.33. The summed E-state index contributed by atoms with van der Waals surface area (Å²) < 4.78 is 67.5. The summed E-state index contributed by atoms with van der Waals surface area (Å²) in [6, 6.07) is 22.9. The quantitative estimate of drug-likeness (QED) is 0.217. The topological polar surface area (TPSA) is 75.3 Å². The zero-order valence-electron chi connectivity index (χ0n) is 20.6. The second kappa shape index (κ2) is 11.8. The Hall–Kier alpha value is -3.34. The van der Waals surface area contributed by atoms with Gasteiger partial charge < -0.3 is 5.32 Å². The molecule has 2 N–H and O–H groups in total. The van der Waals surface area contributed by atoms with Crippen LogP contribution in [0.5, 0.6) is 0 Å². The van der Waals surface area contributed by atoms with Crippen LogP contribution in [-0.2, 0) is 29.0 Å².